The van der Waals surface area contributed by atoms with Gasteiger partial charge in [-0.05, 0) is 48.2 Å². The van der Waals surface area contributed by atoms with Crippen LogP contribution in [0.25, 0.3) is 0 Å². The van der Waals surface area contributed by atoms with Gasteiger partial charge in [0.2, 0.25) is 0 Å². The highest BCUT2D eigenvalue weighted by Gasteiger charge is 2.17. The van der Waals surface area contributed by atoms with Crippen LogP contribution >= 0.6 is 11.3 Å². The maximum atomic E-state index is 10.9. The van der Waals surface area contributed by atoms with Crippen molar-refractivity contribution < 1.29 is 9.90 Å². The molecule has 0 spiro atoms. The summed E-state index contributed by atoms with van der Waals surface area (Å²) in [5.74, 6) is -1.00. The van der Waals surface area contributed by atoms with Crippen molar-refractivity contribution in [2.45, 2.75) is 19.3 Å². The SMILES string of the molecule is NCCCC(Cc1ccsc1)C(=O)O. The predicted molar refractivity (Wildman–Crippen MR) is 57.4 cm³/mol. The first kappa shape index (κ1) is 11.2. The molecule has 3 nitrogen and oxygen atoms in total. The van der Waals surface area contributed by atoms with Crippen LogP contribution in [0.4, 0.5) is 0 Å². The molecule has 3 N–H and O–H groups in total. The van der Waals surface area contributed by atoms with E-state index in [1.54, 1.807) is 11.3 Å². The molecule has 4 heteroatoms. The van der Waals surface area contributed by atoms with E-state index in [2.05, 4.69) is 0 Å². The van der Waals surface area contributed by atoms with Crippen molar-refractivity contribution in [3.63, 3.8) is 0 Å². The van der Waals surface area contributed by atoms with Gasteiger partial charge in [-0.15, -0.1) is 0 Å². The number of aliphatic carboxylic acids is 1. The van der Waals surface area contributed by atoms with Crippen molar-refractivity contribution in [1.29, 1.82) is 0 Å². The van der Waals surface area contributed by atoms with Crippen LogP contribution in [-0.2, 0) is 11.2 Å². The normalized spacial score (nSPS) is 12.6. The Morgan fingerprint density at radius 2 is 2.43 bits per heavy atom. The molecule has 1 unspecified atom stereocenters. The second-order valence-corrected chi connectivity index (χ2v) is 4.08. The van der Waals surface area contributed by atoms with Crippen LogP contribution in [0, 0.1) is 5.92 Å². The standard InChI is InChI=1S/C10H15NO2S/c11-4-1-2-9(10(12)13)6-8-3-5-14-7-8/h3,5,7,9H,1-2,4,6,11H2,(H,12,13). The molecular weight excluding hydrogens is 198 g/mol. The summed E-state index contributed by atoms with van der Waals surface area (Å²) in [4.78, 5) is 10.9. The molecule has 0 aliphatic heterocycles. The number of carboxylic acids is 1. The number of carboxylic acid groups (broad SMARTS) is 1. The molecule has 1 heterocycles. The van der Waals surface area contributed by atoms with Crippen LogP contribution in [-0.4, -0.2) is 17.6 Å². The molecule has 0 saturated carbocycles. The highest BCUT2D eigenvalue weighted by molar-refractivity contribution is 7.07. The first-order chi connectivity index (χ1) is 6.74. The molecule has 14 heavy (non-hydrogen) atoms. The Kier molecular flexibility index (Phi) is 4.62. The third kappa shape index (κ3) is 3.47. The molecule has 78 valence electrons. The largest absolute Gasteiger partial charge is 0.481 e. The molecular formula is C10H15NO2S. The van der Waals surface area contributed by atoms with Crippen LogP contribution in [0.3, 0.4) is 0 Å². The molecule has 1 atom stereocenters. The molecule has 1 rings (SSSR count). The third-order valence-electron chi connectivity index (χ3n) is 2.17. The van der Waals surface area contributed by atoms with Gasteiger partial charge in [0.05, 0.1) is 5.92 Å². The second-order valence-electron chi connectivity index (χ2n) is 3.30. The van der Waals surface area contributed by atoms with Crippen molar-refractivity contribution in [3.05, 3.63) is 22.4 Å². The molecule has 0 saturated heterocycles. The Labute approximate surface area is 87.6 Å². The second kappa shape index (κ2) is 5.78. The number of hydrogen-bond donors (Lipinski definition) is 2. The van der Waals surface area contributed by atoms with E-state index in [4.69, 9.17) is 10.8 Å². The molecule has 1 aromatic heterocycles. The van der Waals surface area contributed by atoms with E-state index < -0.39 is 5.97 Å². The van der Waals surface area contributed by atoms with Crippen molar-refractivity contribution in [2.75, 3.05) is 6.54 Å². The van der Waals surface area contributed by atoms with Crippen molar-refractivity contribution in [2.24, 2.45) is 11.7 Å². The summed E-state index contributed by atoms with van der Waals surface area (Å²) < 4.78 is 0. The van der Waals surface area contributed by atoms with E-state index in [9.17, 15) is 4.79 Å². The minimum atomic E-state index is -0.718. The molecule has 1 aromatic rings. The van der Waals surface area contributed by atoms with Crippen LogP contribution < -0.4 is 5.73 Å². The van der Waals surface area contributed by atoms with E-state index in [1.807, 2.05) is 16.8 Å². The van der Waals surface area contributed by atoms with Gasteiger partial charge in [-0.25, -0.2) is 0 Å². The molecule has 0 radical (unpaired) electrons. The molecule has 0 aliphatic carbocycles. The Morgan fingerprint density at radius 1 is 1.64 bits per heavy atom. The lowest BCUT2D eigenvalue weighted by molar-refractivity contribution is -0.141. The zero-order chi connectivity index (χ0) is 10.4. The van der Waals surface area contributed by atoms with Gasteiger partial charge in [-0.2, -0.15) is 11.3 Å². The fraction of sp³-hybridized carbons (Fsp3) is 0.500. The van der Waals surface area contributed by atoms with Gasteiger partial charge in [0, 0.05) is 0 Å². The smallest absolute Gasteiger partial charge is 0.306 e. The van der Waals surface area contributed by atoms with Gasteiger partial charge in [0.15, 0.2) is 0 Å². The molecule has 0 bridgehead atoms. The monoisotopic (exact) mass is 213 g/mol. The van der Waals surface area contributed by atoms with Gasteiger partial charge >= 0.3 is 5.97 Å². The third-order valence-corrected chi connectivity index (χ3v) is 2.90. The van der Waals surface area contributed by atoms with E-state index in [0.717, 1.165) is 12.0 Å². The number of hydrogen-bond acceptors (Lipinski definition) is 3. The van der Waals surface area contributed by atoms with E-state index in [0.29, 0.717) is 19.4 Å². The maximum absolute atomic E-state index is 10.9. The Hall–Kier alpha value is -0.870. The summed E-state index contributed by atoms with van der Waals surface area (Å²) in [6, 6.07) is 1.98. The zero-order valence-electron chi connectivity index (χ0n) is 7.98. The molecule has 0 aliphatic rings. The number of thiophene rings is 1. The fourth-order valence-electron chi connectivity index (χ4n) is 1.37. The molecule has 0 fully saturated rings. The lowest BCUT2D eigenvalue weighted by atomic mass is 9.96. The van der Waals surface area contributed by atoms with Gasteiger partial charge in [0.1, 0.15) is 0 Å². The van der Waals surface area contributed by atoms with Crippen molar-refractivity contribution >= 4 is 17.3 Å². The first-order valence-electron chi connectivity index (χ1n) is 4.68. The average molecular weight is 213 g/mol. The highest BCUT2D eigenvalue weighted by Crippen LogP contribution is 2.16. The summed E-state index contributed by atoms with van der Waals surface area (Å²) in [6.07, 6.45) is 2.07. The zero-order valence-corrected chi connectivity index (χ0v) is 8.80. The summed E-state index contributed by atoms with van der Waals surface area (Å²) in [5.41, 5.74) is 6.47. The average Bonchev–Trinajstić information content (AvgIpc) is 2.64. The lowest BCUT2D eigenvalue weighted by Crippen LogP contribution is -2.17. The quantitative estimate of drug-likeness (QED) is 0.756. The van der Waals surface area contributed by atoms with E-state index >= 15 is 0 Å². The van der Waals surface area contributed by atoms with Gasteiger partial charge in [-0.1, -0.05) is 0 Å². The minimum Gasteiger partial charge on any atom is -0.481 e. The topological polar surface area (TPSA) is 63.3 Å². The van der Waals surface area contributed by atoms with Crippen molar-refractivity contribution in [3.8, 4) is 0 Å². The number of nitrogens with two attached hydrogens (primary N) is 1. The van der Waals surface area contributed by atoms with Gasteiger partial charge < -0.3 is 10.8 Å². The minimum absolute atomic E-state index is 0.284. The van der Waals surface area contributed by atoms with Gasteiger partial charge in [-0.3, -0.25) is 4.79 Å². The first-order valence-corrected chi connectivity index (χ1v) is 5.62. The summed E-state index contributed by atoms with van der Waals surface area (Å²) >= 11 is 1.60. The maximum Gasteiger partial charge on any atom is 0.306 e. The van der Waals surface area contributed by atoms with E-state index in [1.165, 1.54) is 0 Å². The van der Waals surface area contributed by atoms with Crippen LogP contribution in [0.15, 0.2) is 16.8 Å². The Bertz CT molecular complexity index is 272. The predicted octanol–water partition coefficient (Wildman–Crippen LogP) is 1.73. The van der Waals surface area contributed by atoms with E-state index in [-0.39, 0.29) is 5.92 Å². The number of carbonyl (C=O) groups is 1. The van der Waals surface area contributed by atoms with Crippen molar-refractivity contribution in [1.82, 2.24) is 0 Å². The summed E-state index contributed by atoms with van der Waals surface area (Å²) in [5, 5.41) is 12.9. The number of rotatable bonds is 6. The van der Waals surface area contributed by atoms with Crippen LogP contribution in [0.2, 0.25) is 0 Å². The summed E-state index contributed by atoms with van der Waals surface area (Å²) in [6.45, 7) is 0.563. The highest BCUT2D eigenvalue weighted by atomic mass is 32.1. The molecule has 0 aromatic carbocycles. The van der Waals surface area contributed by atoms with Crippen LogP contribution in [0.5, 0.6) is 0 Å². The Balaban J connectivity index is 2.47. The fourth-order valence-corrected chi connectivity index (χ4v) is 2.05. The van der Waals surface area contributed by atoms with Gasteiger partial charge in [0.25, 0.3) is 0 Å². The molecule has 0 amide bonds. The summed E-state index contributed by atoms with van der Waals surface area (Å²) in [7, 11) is 0. The van der Waals surface area contributed by atoms with Crippen LogP contribution in [0.1, 0.15) is 18.4 Å². The Morgan fingerprint density at radius 3 is 2.93 bits per heavy atom. The lowest BCUT2D eigenvalue weighted by Gasteiger charge is -2.09.